The van der Waals surface area contributed by atoms with E-state index < -0.39 is 10.0 Å². The van der Waals surface area contributed by atoms with Crippen LogP contribution in [0.4, 0.5) is 5.13 Å². The fourth-order valence-corrected chi connectivity index (χ4v) is 4.61. The van der Waals surface area contributed by atoms with Crippen LogP contribution < -0.4 is 10.0 Å². The Hall–Kier alpha value is -0.960. The molecule has 0 fully saturated rings. The SMILES string of the molecule is CNCc1ccc(S(=O)(=O)Nc2ncc(C)s2)s1. The lowest BCUT2D eigenvalue weighted by Crippen LogP contribution is -2.11. The number of aromatic nitrogens is 1. The summed E-state index contributed by atoms with van der Waals surface area (Å²) >= 11 is 2.57. The van der Waals surface area contributed by atoms with Gasteiger partial charge >= 0.3 is 0 Å². The van der Waals surface area contributed by atoms with Gasteiger partial charge in [0.25, 0.3) is 10.0 Å². The zero-order valence-corrected chi connectivity index (χ0v) is 12.4. The molecule has 5 nitrogen and oxygen atoms in total. The second kappa shape index (κ2) is 5.35. The van der Waals surface area contributed by atoms with Crippen molar-refractivity contribution in [2.45, 2.75) is 17.7 Å². The van der Waals surface area contributed by atoms with Gasteiger partial charge in [-0.2, -0.15) is 0 Å². The number of nitrogens with one attached hydrogen (secondary N) is 2. The predicted molar refractivity (Wildman–Crippen MR) is 74.7 cm³/mol. The minimum atomic E-state index is -3.51. The second-order valence-corrected chi connectivity index (χ2v) is 7.94. The van der Waals surface area contributed by atoms with Crippen molar-refractivity contribution < 1.29 is 8.42 Å². The highest BCUT2D eigenvalue weighted by Crippen LogP contribution is 2.25. The zero-order chi connectivity index (χ0) is 13.2. The number of sulfonamides is 1. The van der Waals surface area contributed by atoms with Gasteiger partial charge in [0.05, 0.1) is 0 Å². The smallest absolute Gasteiger partial charge is 0.273 e. The molecule has 0 bridgehead atoms. The molecule has 2 aromatic rings. The Balaban J connectivity index is 2.19. The Kier molecular flexibility index (Phi) is 4.00. The van der Waals surface area contributed by atoms with Gasteiger partial charge in [-0.1, -0.05) is 0 Å². The molecule has 8 heteroatoms. The lowest BCUT2D eigenvalue weighted by molar-refractivity contribution is 0.603. The van der Waals surface area contributed by atoms with Crippen LogP contribution in [0, 0.1) is 6.92 Å². The van der Waals surface area contributed by atoms with Crippen molar-refractivity contribution in [3.63, 3.8) is 0 Å². The lowest BCUT2D eigenvalue weighted by atomic mass is 10.5. The van der Waals surface area contributed by atoms with Crippen LogP contribution >= 0.6 is 22.7 Å². The number of rotatable bonds is 5. The third-order valence-corrected chi connectivity index (χ3v) is 5.97. The lowest BCUT2D eigenvalue weighted by Gasteiger charge is -2.01. The van der Waals surface area contributed by atoms with Crippen LogP contribution in [0.15, 0.2) is 22.5 Å². The second-order valence-electron chi connectivity index (χ2n) is 3.63. The van der Waals surface area contributed by atoms with Crippen molar-refractivity contribution in [3.8, 4) is 0 Å². The number of thiazole rings is 1. The van der Waals surface area contributed by atoms with E-state index in [1.54, 1.807) is 12.3 Å². The van der Waals surface area contributed by atoms with E-state index in [0.29, 0.717) is 15.9 Å². The minimum Gasteiger partial charge on any atom is -0.315 e. The molecule has 0 aromatic carbocycles. The highest BCUT2D eigenvalue weighted by Gasteiger charge is 2.18. The minimum absolute atomic E-state index is 0.306. The van der Waals surface area contributed by atoms with E-state index in [9.17, 15) is 8.42 Å². The molecule has 0 radical (unpaired) electrons. The Morgan fingerprint density at radius 2 is 2.11 bits per heavy atom. The monoisotopic (exact) mass is 303 g/mol. The van der Waals surface area contributed by atoms with Crippen LogP contribution in [-0.2, 0) is 16.6 Å². The molecule has 18 heavy (non-hydrogen) atoms. The Morgan fingerprint density at radius 3 is 2.72 bits per heavy atom. The molecule has 0 aliphatic carbocycles. The van der Waals surface area contributed by atoms with Gasteiger partial charge in [-0.3, -0.25) is 4.72 Å². The van der Waals surface area contributed by atoms with Crippen LogP contribution in [-0.4, -0.2) is 20.4 Å². The molecule has 0 spiro atoms. The van der Waals surface area contributed by atoms with Crippen molar-refractivity contribution in [3.05, 3.63) is 28.1 Å². The third kappa shape index (κ3) is 3.08. The normalized spacial score (nSPS) is 11.7. The number of thiophene rings is 1. The van der Waals surface area contributed by atoms with Gasteiger partial charge in [-0.05, 0) is 26.1 Å². The van der Waals surface area contributed by atoms with Gasteiger partial charge in [0.15, 0.2) is 5.13 Å². The summed E-state index contributed by atoms with van der Waals surface area (Å²) in [4.78, 5) is 5.94. The molecule has 0 saturated heterocycles. The van der Waals surface area contributed by atoms with E-state index in [-0.39, 0.29) is 0 Å². The summed E-state index contributed by atoms with van der Waals surface area (Å²) in [6.45, 7) is 2.54. The Bertz CT molecular complexity index is 630. The van der Waals surface area contributed by atoms with E-state index >= 15 is 0 Å². The molecule has 2 rings (SSSR count). The summed E-state index contributed by atoms with van der Waals surface area (Å²) in [5, 5.41) is 3.39. The van der Waals surface area contributed by atoms with Crippen molar-refractivity contribution in [1.82, 2.24) is 10.3 Å². The van der Waals surface area contributed by atoms with Crippen molar-refractivity contribution in [2.24, 2.45) is 0 Å². The van der Waals surface area contributed by atoms with E-state index in [1.807, 2.05) is 20.0 Å². The van der Waals surface area contributed by atoms with Crippen molar-refractivity contribution in [1.29, 1.82) is 0 Å². The largest absolute Gasteiger partial charge is 0.315 e. The molecule has 2 N–H and O–H groups in total. The maximum absolute atomic E-state index is 12.1. The van der Waals surface area contributed by atoms with Crippen LogP contribution in [0.5, 0.6) is 0 Å². The molecular weight excluding hydrogens is 290 g/mol. The molecule has 0 unspecified atom stereocenters. The van der Waals surface area contributed by atoms with Crippen LogP contribution in [0.2, 0.25) is 0 Å². The van der Waals surface area contributed by atoms with Crippen LogP contribution in [0.1, 0.15) is 9.75 Å². The fourth-order valence-electron chi connectivity index (χ4n) is 1.34. The summed E-state index contributed by atoms with van der Waals surface area (Å²) in [5.74, 6) is 0. The molecule has 0 atom stereocenters. The van der Waals surface area contributed by atoms with Gasteiger partial charge in [-0.25, -0.2) is 13.4 Å². The summed E-state index contributed by atoms with van der Waals surface area (Å²) in [5.41, 5.74) is 0. The molecule has 0 aliphatic heterocycles. The van der Waals surface area contributed by atoms with Crippen LogP contribution in [0.3, 0.4) is 0 Å². The maximum Gasteiger partial charge on any atom is 0.273 e. The van der Waals surface area contributed by atoms with E-state index in [4.69, 9.17) is 0 Å². The first kappa shape index (κ1) is 13.5. The van der Waals surface area contributed by atoms with E-state index in [1.165, 1.54) is 22.7 Å². The maximum atomic E-state index is 12.1. The molecule has 2 aromatic heterocycles. The number of anilines is 1. The summed E-state index contributed by atoms with van der Waals surface area (Å²) in [6.07, 6.45) is 1.64. The van der Waals surface area contributed by atoms with Gasteiger partial charge in [0.1, 0.15) is 4.21 Å². The number of nitrogens with zero attached hydrogens (tertiary/aromatic N) is 1. The third-order valence-electron chi connectivity index (χ3n) is 2.10. The van der Waals surface area contributed by atoms with Gasteiger partial charge in [0, 0.05) is 22.5 Å². The number of aryl methyl sites for hydroxylation is 1. The highest BCUT2D eigenvalue weighted by molar-refractivity contribution is 7.94. The quantitative estimate of drug-likeness (QED) is 0.886. The first-order valence-electron chi connectivity index (χ1n) is 5.20. The first-order valence-corrected chi connectivity index (χ1v) is 8.31. The van der Waals surface area contributed by atoms with Crippen molar-refractivity contribution in [2.75, 3.05) is 11.8 Å². The van der Waals surface area contributed by atoms with E-state index in [0.717, 1.165) is 9.75 Å². The molecule has 0 aliphatic rings. The van der Waals surface area contributed by atoms with Gasteiger partial charge in [-0.15, -0.1) is 22.7 Å². The molecule has 98 valence electrons. The molecular formula is C10H13N3O2S3. The Labute approximate surface area is 114 Å². The number of hydrogen-bond acceptors (Lipinski definition) is 6. The van der Waals surface area contributed by atoms with Gasteiger partial charge in [0.2, 0.25) is 0 Å². The summed E-state index contributed by atoms with van der Waals surface area (Å²) in [6, 6.07) is 3.42. The first-order chi connectivity index (χ1) is 8.51. The molecule has 0 amide bonds. The average molecular weight is 303 g/mol. The van der Waals surface area contributed by atoms with Crippen LogP contribution in [0.25, 0.3) is 0 Å². The predicted octanol–water partition coefficient (Wildman–Crippen LogP) is 2.03. The Morgan fingerprint density at radius 1 is 1.33 bits per heavy atom. The standard InChI is InChI=1S/C10H13N3O2S3/c1-7-5-12-10(16-7)13-18(14,15)9-4-3-8(17-9)6-11-2/h3-5,11H,6H2,1-2H3,(H,12,13). The fraction of sp³-hybridized carbons (Fsp3) is 0.300. The summed E-state index contributed by atoms with van der Waals surface area (Å²) < 4.78 is 26.9. The van der Waals surface area contributed by atoms with Crippen molar-refractivity contribution >= 4 is 37.8 Å². The van der Waals surface area contributed by atoms with Gasteiger partial charge < -0.3 is 5.32 Å². The zero-order valence-electron chi connectivity index (χ0n) is 9.93. The molecule has 2 heterocycles. The highest BCUT2D eigenvalue weighted by atomic mass is 32.2. The number of hydrogen-bond donors (Lipinski definition) is 2. The molecule has 0 saturated carbocycles. The average Bonchev–Trinajstić information content (AvgIpc) is 2.88. The summed E-state index contributed by atoms with van der Waals surface area (Å²) in [7, 11) is -1.68. The topological polar surface area (TPSA) is 71.1 Å². The van der Waals surface area contributed by atoms with E-state index in [2.05, 4.69) is 15.0 Å².